The number of nitrogens with one attached hydrogen (secondary N) is 1. The van der Waals surface area contributed by atoms with Gasteiger partial charge in [-0.15, -0.1) is 0 Å². The molecule has 0 saturated heterocycles. The van der Waals surface area contributed by atoms with Crippen LogP contribution in [0.25, 0.3) is 10.9 Å². The van der Waals surface area contributed by atoms with E-state index in [1.165, 1.54) is 0 Å². The van der Waals surface area contributed by atoms with Crippen molar-refractivity contribution >= 4 is 16.8 Å². The number of fused-ring (bicyclic) bond motifs is 1. The number of rotatable bonds is 4. The Bertz CT molecular complexity index is 587. The molecule has 4 nitrogen and oxygen atoms in total. The number of pyridine rings is 1. The molecule has 1 atom stereocenters. The van der Waals surface area contributed by atoms with Gasteiger partial charge < -0.3 is 5.73 Å². The summed E-state index contributed by atoms with van der Waals surface area (Å²) in [4.78, 5) is 16.0. The zero-order chi connectivity index (χ0) is 12.5. The molecular weight excluding hydrogens is 226 g/mol. The largest absolute Gasteiger partial charge is 0.368 e. The number of carbonyl (C=O) groups excluding carboxylic acids is 1. The predicted octanol–water partition coefficient (Wildman–Crippen LogP) is 1.51. The van der Waals surface area contributed by atoms with Gasteiger partial charge in [0.1, 0.15) is 6.04 Å². The number of benzene rings is 1. The lowest BCUT2D eigenvalue weighted by Gasteiger charge is -2.16. The van der Waals surface area contributed by atoms with Crippen molar-refractivity contribution in [2.24, 2.45) is 5.73 Å². The van der Waals surface area contributed by atoms with Crippen LogP contribution in [0.15, 0.2) is 36.5 Å². The molecule has 1 heterocycles. The highest BCUT2D eigenvalue weighted by Crippen LogP contribution is 2.27. The van der Waals surface area contributed by atoms with Gasteiger partial charge >= 0.3 is 0 Å². The van der Waals surface area contributed by atoms with Crippen LogP contribution in [0.2, 0.25) is 0 Å². The van der Waals surface area contributed by atoms with Crippen molar-refractivity contribution in [3.63, 3.8) is 0 Å². The number of nitrogens with two attached hydrogens (primary N) is 1. The first kappa shape index (κ1) is 11.2. The minimum Gasteiger partial charge on any atom is -0.368 e. The third kappa shape index (κ3) is 2.07. The summed E-state index contributed by atoms with van der Waals surface area (Å²) in [6.07, 6.45) is 3.96. The summed E-state index contributed by atoms with van der Waals surface area (Å²) in [7, 11) is 0. The Morgan fingerprint density at radius 2 is 2.11 bits per heavy atom. The van der Waals surface area contributed by atoms with Gasteiger partial charge in [-0.25, -0.2) is 0 Å². The molecule has 1 aromatic heterocycles. The first-order chi connectivity index (χ1) is 8.75. The Hall–Kier alpha value is -1.94. The molecule has 92 valence electrons. The van der Waals surface area contributed by atoms with Crippen molar-refractivity contribution in [1.29, 1.82) is 0 Å². The second-order valence-electron chi connectivity index (χ2n) is 4.70. The molecule has 3 rings (SSSR count). The van der Waals surface area contributed by atoms with Crippen molar-refractivity contribution in [2.75, 3.05) is 0 Å². The van der Waals surface area contributed by atoms with Gasteiger partial charge in [-0.3, -0.25) is 15.1 Å². The standard InChI is InChI=1S/C14H15N3O/c15-14(18)13(17-10-6-7-10)11-5-1-3-9-4-2-8-16-12(9)11/h1-5,8,10,13,17H,6-7H2,(H2,15,18). The SMILES string of the molecule is NC(=O)C(NC1CC1)c1cccc2cccnc12. The maximum atomic E-state index is 11.6. The number of amides is 1. The number of primary amides is 1. The van der Waals surface area contributed by atoms with Crippen LogP contribution in [0.3, 0.4) is 0 Å². The minimum atomic E-state index is -0.448. The molecule has 1 aliphatic rings. The average molecular weight is 241 g/mol. The molecule has 1 amide bonds. The summed E-state index contributed by atoms with van der Waals surface area (Å²) in [5, 5.41) is 4.31. The fourth-order valence-electron chi connectivity index (χ4n) is 2.17. The van der Waals surface area contributed by atoms with Gasteiger partial charge in [0.2, 0.25) is 5.91 Å². The number of hydrogen-bond donors (Lipinski definition) is 2. The average Bonchev–Trinajstić information content (AvgIpc) is 3.19. The van der Waals surface area contributed by atoms with Gasteiger partial charge in [0.25, 0.3) is 0 Å². The van der Waals surface area contributed by atoms with Crippen LogP contribution < -0.4 is 11.1 Å². The fourth-order valence-corrected chi connectivity index (χ4v) is 2.17. The minimum absolute atomic E-state index is 0.347. The Morgan fingerprint density at radius 1 is 1.33 bits per heavy atom. The first-order valence-electron chi connectivity index (χ1n) is 6.15. The monoisotopic (exact) mass is 241 g/mol. The van der Waals surface area contributed by atoms with E-state index in [0.717, 1.165) is 29.3 Å². The summed E-state index contributed by atoms with van der Waals surface area (Å²) >= 11 is 0. The third-order valence-electron chi connectivity index (χ3n) is 3.24. The molecule has 0 radical (unpaired) electrons. The van der Waals surface area contributed by atoms with Gasteiger partial charge in [-0.1, -0.05) is 24.3 Å². The molecule has 1 saturated carbocycles. The molecule has 2 aromatic rings. The lowest BCUT2D eigenvalue weighted by molar-refractivity contribution is -0.120. The highest BCUT2D eigenvalue weighted by Gasteiger charge is 2.29. The summed E-state index contributed by atoms with van der Waals surface area (Å²) < 4.78 is 0. The van der Waals surface area contributed by atoms with Gasteiger partial charge in [-0.05, 0) is 18.9 Å². The second-order valence-corrected chi connectivity index (χ2v) is 4.70. The smallest absolute Gasteiger partial charge is 0.239 e. The molecule has 18 heavy (non-hydrogen) atoms. The van der Waals surface area contributed by atoms with Crippen molar-refractivity contribution in [1.82, 2.24) is 10.3 Å². The predicted molar refractivity (Wildman–Crippen MR) is 69.8 cm³/mol. The van der Waals surface area contributed by atoms with E-state index in [1.54, 1.807) is 6.20 Å². The molecule has 0 aliphatic heterocycles. The Morgan fingerprint density at radius 3 is 2.83 bits per heavy atom. The molecule has 0 bridgehead atoms. The number of carbonyl (C=O) groups is 1. The van der Waals surface area contributed by atoms with Crippen LogP contribution in [0.4, 0.5) is 0 Å². The fraction of sp³-hybridized carbons (Fsp3) is 0.286. The number of para-hydroxylation sites is 1. The Balaban J connectivity index is 2.07. The van der Waals surface area contributed by atoms with E-state index in [2.05, 4.69) is 10.3 Å². The lowest BCUT2D eigenvalue weighted by atomic mass is 10.0. The van der Waals surface area contributed by atoms with Gasteiger partial charge in [0.15, 0.2) is 0 Å². The lowest BCUT2D eigenvalue weighted by Crippen LogP contribution is -2.35. The van der Waals surface area contributed by atoms with Gasteiger partial charge in [-0.2, -0.15) is 0 Å². The quantitative estimate of drug-likeness (QED) is 0.852. The van der Waals surface area contributed by atoms with Crippen molar-refractivity contribution in [3.05, 3.63) is 42.1 Å². The van der Waals surface area contributed by atoms with Crippen LogP contribution >= 0.6 is 0 Å². The maximum absolute atomic E-state index is 11.6. The van der Waals surface area contributed by atoms with E-state index in [4.69, 9.17) is 5.73 Å². The zero-order valence-corrected chi connectivity index (χ0v) is 9.97. The maximum Gasteiger partial charge on any atom is 0.239 e. The zero-order valence-electron chi connectivity index (χ0n) is 9.97. The van der Waals surface area contributed by atoms with Crippen LogP contribution in [0.5, 0.6) is 0 Å². The van der Waals surface area contributed by atoms with Crippen molar-refractivity contribution < 1.29 is 4.79 Å². The van der Waals surface area contributed by atoms with E-state index in [1.807, 2.05) is 30.3 Å². The molecule has 1 aliphatic carbocycles. The summed E-state index contributed by atoms with van der Waals surface area (Å²) in [5.41, 5.74) is 7.22. The topological polar surface area (TPSA) is 68.0 Å². The molecule has 1 fully saturated rings. The van der Waals surface area contributed by atoms with E-state index in [9.17, 15) is 4.79 Å². The van der Waals surface area contributed by atoms with E-state index >= 15 is 0 Å². The van der Waals surface area contributed by atoms with Crippen molar-refractivity contribution in [2.45, 2.75) is 24.9 Å². The van der Waals surface area contributed by atoms with Gasteiger partial charge in [0.05, 0.1) is 5.52 Å². The van der Waals surface area contributed by atoms with Crippen LogP contribution in [0.1, 0.15) is 24.4 Å². The molecule has 1 unspecified atom stereocenters. The van der Waals surface area contributed by atoms with E-state index in [-0.39, 0.29) is 5.91 Å². The molecule has 4 heteroatoms. The molecule has 0 spiro atoms. The third-order valence-corrected chi connectivity index (χ3v) is 3.24. The van der Waals surface area contributed by atoms with Crippen LogP contribution in [-0.2, 0) is 4.79 Å². The van der Waals surface area contributed by atoms with Crippen LogP contribution in [-0.4, -0.2) is 16.9 Å². The van der Waals surface area contributed by atoms with E-state index in [0.29, 0.717) is 6.04 Å². The molecular formula is C14H15N3O. The highest BCUT2D eigenvalue weighted by atomic mass is 16.1. The number of aromatic nitrogens is 1. The van der Waals surface area contributed by atoms with Crippen molar-refractivity contribution in [3.8, 4) is 0 Å². The summed E-state index contributed by atoms with van der Waals surface area (Å²) in [6.45, 7) is 0. The summed E-state index contributed by atoms with van der Waals surface area (Å²) in [6, 6.07) is 9.68. The molecule has 3 N–H and O–H groups in total. The Kier molecular flexibility index (Phi) is 2.72. The number of nitrogens with zero attached hydrogens (tertiary/aromatic N) is 1. The van der Waals surface area contributed by atoms with Crippen LogP contribution in [0, 0.1) is 0 Å². The van der Waals surface area contributed by atoms with E-state index < -0.39 is 6.04 Å². The summed E-state index contributed by atoms with van der Waals surface area (Å²) in [5.74, 6) is -0.347. The number of hydrogen-bond acceptors (Lipinski definition) is 3. The highest BCUT2D eigenvalue weighted by molar-refractivity contribution is 5.89. The Labute approximate surface area is 105 Å². The second kappa shape index (κ2) is 4.38. The first-order valence-corrected chi connectivity index (χ1v) is 6.15. The normalized spacial score (nSPS) is 16.7. The van der Waals surface area contributed by atoms with Gasteiger partial charge in [0, 0.05) is 23.2 Å². The molecule has 1 aromatic carbocycles.